The van der Waals surface area contributed by atoms with Crippen LogP contribution in [-0.2, 0) is 4.74 Å². The molecule has 0 aliphatic heterocycles. The molecule has 108 valence electrons. The number of carbonyl (C=O) groups excluding carboxylic acids is 1. The Morgan fingerprint density at radius 1 is 1.42 bits per heavy atom. The molecular weight excluding hydrogens is 262 g/mol. The third-order valence-corrected chi connectivity index (χ3v) is 3.56. The molecular formula is C13H23N3O2S. The second-order valence-corrected chi connectivity index (χ2v) is 5.40. The van der Waals surface area contributed by atoms with Gasteiger partial charge in [-0.15, -0.1) is 0 Å². The Morgan fingerprint density at radius 2 is 2.16 bits per heavy atom. The highest BCUT2D eigenvalue weighted by molar-refractivity contribution is 7.10. The fourth-order valence-corrected chi connectivity index (χ4v) is 2.50. The lowest BCUT2D eigenvalue weighted by Crippen LogP contribution is -2.14. The van der Waals surface area contributed by atoms with Crippen LogP contribution in [0.5, 0.6) is 0 Å². The number of rotatable bonds is 8. The first-order valence-electron chi connectivity index (χ1n) is 6.58. The molecule has 0 bridgehead atoms. The highest BCUT2D eigenvalue weighted by Gasteiger charge is 2.19. The molecule has 0 spiro atoms. The highest BCUT2D eigenvalue weighted by atomic mass is 32.1. The first kappa shape index (κ1) is 15.9. The molecule has 1 rings (SSSR count). The summed E-state index contributed by atoms with van der Waals surface area (Å²) in [5.41, 5.74) is 1.32. The molecule has 6 heteroatoms. The van der Waals surface area contributed by atoms with Gasteiger partial charge in [-0.25, -0.2) is 4.79 Å². The van der Waals surface area contributed by atoms with E-state index in [0.29, 0.717) is 12.2 Å². The van der Waals surface area contributed by atoms with Crippen molar-refractivity contribution in [1.82, 2.24) is 9.27 Å². The minimum absolute atomic E-state index is 0.287. The van der Waals surface area contributed by atoms with Crippen molar-refractivity contribution in [2.45, 2.75) is 26.7 Å². The number of carbonyl (C=O) groups is 1. The minimum Gasteiger partial charge on any atom is -0.462 e. The summed E-state index contributed by atoms with van der Waals surface area (Å²) in [7, 11) is 4.14. The molecule has 1 N–H and O–H groups in total. The van der Waals surface area contributed by atoms with Crippen molar-refractivity contribution in [2.75, 3.05) is 39.1 Å². The van der Waals surface area contributed by atoms with Crippen molar-refractivity contribution in [2.24, 2.45) is 0 Å². The quantitative estimate of drug-likeness (QED) is 0.587. The molecule has 0 fully saturated rings. The molecule has 5 nitrogen and oxygen atoms in total. The number of nitrogens with zero attached hydrogens (tertiary/aromatic N) is 2. The van der Waals surface area contributed by atoms with E-state index in [2.05, 4.69) is 28.7 Å². The van der Waals surface area contributed by atoms with Gasteiger partial charge in [-0.2, -0.15) is 4.37 Å². The lowest BCUT2D eigenvalue weighted by molar-refractivity contribution is 0.0527. The number of nitrogens with one attached hydrogen (secondary N) is 1. The Kier molecular flexibility index (Phi) is 6.80. The molecule has 1 aromatic heterocycles. The molecule has 0 unspecified atom stereocenters. The van der Waals surface area contributed by atoms with Gasteiger partial charge in [0.05, 0.1) is 12.3 Å². The van der Waals surface area contributed by atoms with Crippen LogP contribution in [-0.4, -0.2) is 49.0 Å². The largest absolute Gasteiger partial charge is 0.462 e. The van der Waals surface area contributed by atoms with Gasteiger partial charge in [0.25, 0.3) is 0 Å². The number of ether oxygens (including phenoxy) is 1. The van der Waals surface area contributed by atoms with Crippen molar-refractivity contribution in [1.29, 1.82) is 0 Å². The fraction of sp³-hybridized carbons (Fsp3) is 0.692. The van der Waals surface area contributed by atoms with Crippen LogP contribution >= 0.6 is 11.5 Å². The van der Waals surface area contributed by atoms with Crippen LogP contribution in [0, 0.1) is 6.92 Å². The summed E-state index contributed by atoms with van der Waals surface area (Å²) in [6.45, 7) is 5.95. The molecule has 0 amide bonds. The van der Waals surface area contributed by atoms with E-state index >= 15 is 0 Å². The summed E-state index contributed by atoms with van der Waals surface area (Å²) in [5, 5.41) is 4.10. The molecule has 19 heavy (non-hydrogen) atoms. The number of anilines is 1. The van der Waals surface area contributed by atoms with Gasteiger partial charge >= 0.3 is 5.97 Å². The van der Waals surface area contributed by atoms with E-state index < -0.39 is 0 Å². The van der Waals surface area contributed by atoms with Gasteiger partial charge in [-0.1, -0.05) is 0 Å². The number of hydrogen-bond acceptors (Lipinski definition) is 6. The molecule has 0 aliphatic rings. The van der Waals surface area contributed by atoms with Crippen molar-refractivity contribution in [3.8, 4) is 0 Å². The van der Waals surface area contributed by atoms with E-state index in [1.54, 1.807) is 6.92 Å². The Bertz CT molecular complexity index is 405. The second-order valence-electron chi connectivity index (χ2n) is 4.63. The predicted octanol–water partition coefficient (Wildman–Crippen LogP) is 2.38. The first-order chi connectivity index (χ1) is 9.06. The zero-order valence-electron chi connectivity index (χ0n) is 12.2. The molecule has 0 aromatic carbocycles. The number of unbranched alkanes of at least 4 members (excludes halogenated alkanes) is 1. The van der Waals surface area contributed by atoms with E-state index in [1.165, 1.54) is 11.5 Å². The number of aromatic nitrogens is 1. The molecule has 0 saturated carbocycles. The Morgan fingerprint density at radius 3 is 2.79 bits per heavy atom. The summed E-state index contributed by atoms with van der Waals surface area (Å²) in [4.78, 5) is 14.0. The van der Waals surface area contributed by atoms with Crippen molar-refractivity contribution >= 4 is 22.5 Å². The maximum Gasteiger partial charge on any atom is 0.343 e. The third-order valence-electron chi connectivity index (χ3n) is 2.66. The average molecular weight is 285 g/mol. The van der Waals surface area contributed by atoms with E-state index in [9.17, 15) is 4.79 Å². The predicted molar refractivity (Wildman–Crippen MR) is 79.1 cm³/mol. The maximum atomic E-state index is 11.8. The van der Waals surface area contributed by atoms with Crippen LogP contribution in [0.2, 0.25) is 0 Å². The van der Waals surface area contributed by atoms with Gasteiger partial charge in [0, 0.05) is 6.54 Å². The van der Waals surface area contributed by atoms with Gasteiger partial charge in [-0.3, -0.25) is 0 Å². The van der Waals surface area contributed by atoms with Gasteiger partial charge in [0.2, 0.25) is 0 Å². The molecule has 1 heterocycles. The van der Waals surface area contributed by atoms with E-state index in [0.717, 1.165) is 36.6 Å². The van der Waals surface area contributed by atoms with Crippen LogP contribution in [0.3, 0.4) is 0 Å². The van der Waals surface area contributed by atoms with Gasteiger partial charge < -0.3 is 15.0 Å². The van der Waals surface area contributed by atoms with E-state index in [-0.39, 0.29) is 5.97 Å². The summed E-state index contributed by atoms with van der Waals surface area (Å²) < 4.78 is 9.26. The fourth-order valence-electron chi connectivity index (χ4n) is 1.69. The van der Waals surface area contributed by atoms with Crippen LogP contribution in [0.25, 0.3) is 0 Å². The van der Waals surface area contributed by atoms with Gasteiger partial charge in [0.1, 0.15) is 10.6 Å². The van der Waals surface area contributed by atoms with Crippen LogP contribution in [0.1, 0.15) is 35.8 Å². The topological polar surface area (TPSA) is 54.5 Å². The molecule has 0 aliphatic carbocycles. The summed E-state index contributed by atoms with van der Waals surface area (Å²) in [5.74, 6) is -0.287. The zero-order chi connectivity index (χ0) is 14.3. The standard InChI is InChI=1S/C13H23N3O2S/c1-5-18-13(17)11-10(2)15-19-12(11)14-8-6-7-9-16(3)4/h14H,5-9H2,1-4H3. The van der Waals surface area contributed by atoms with Crippen LogP contribution < -0.4 is 5.32 Å². The monoisotopic (exact) mass is 285 g/mol. The normalized spacial score (nSPS) is 10.8. The van der Waals surface area contributed by atoms with E-state index in [1.807, 2.05) is 6.92 Å². The first-order valence-corrected chi connectivity index (χ1v) is 7.35. The zero-order valence-corrected chi connectivity index (χ0v) is 13.0. The summed E-state index contributed by atoms with van der Waals surface area (Å²) in [6.07, 6.45) is 2.20. The highest BCUT2D eigenvalue weighted by Crippen LogP contribution is 2.25. The Hall–Kier alpha value is -1.14. The Balaban J connectivity index is 2.47. The molecule has 0 radical (unpaired) electrons. The second kappa shape index (κ2) is 8.12. The van der Waals surface area contributed by atoms with Crippen molar-refractivity contribution in [3.05, 3.63) is 11.3 Å². The average Bonchev–Trinajstić information content (AvgIpc) is 2.70. The maximum absolute atomic E-state index is 11.8. The van der Waals surface area contributed by atoms with E-state index in [4.69, 9.17) is 4.74 Å². The minimum atomic E-state index is -0.287. The molecule has 0 saturated heterocycles. The molecule has 0 atom stereocenters. The van der Waals surface area contributed by atoms with Crippen LogP contribution in [0.4, 0.5) is 5.00 Å². The lowest BCUT2D eigenvalue weighted by atomic mass is 10.2. The van der Waals surface area contributed by atoms with Crippen LogP contribution in [0.15, 0.2) is 0 Å². The number of esters is 1. The lowest BCUT2D eigenvalue weighted by Gasteiger charge is -2.10. The van der Waals surface area contributed by atoms with Crippen molar-refractivity contribution < 1.29 is 9.53 Å². The van der Waals surface area contributed by atoms with Crippen molar-refractivity contribution in [3.63, 3.8) is 0 Å². The summed E-state index contributed by atoms with van der Waals surface area (Å²) in [6, 6.07) is 0. The third kappa shape index (κ3) is 5.16. The smallest absolute Gasteiger partial charge is 0.343 e. The Labute approximate surface area is 119 Å². The molecule has 1 aromatic rings. The summed E-state index contributed by atoms with van der Waals surface area (Å²) >= 11 is 1.32. The number of hydrogen-bond donors (Lipinski definition) is 1. The van der Waals surface area contributed by atoms with Gasteiger partial charge in [0.15, 0.2) is 0 Å². The van der Waals surface area contributed by atoms with Gasteiger partial charge in [-0.05, 0) is 58.9 Å². The number of aryl methyl sites for hydroxylation is 1. The SMILES string of the molecule is CCOC(=O)c1c(C)nsc1NCCCCN(C)C.